The first-order chi connectivity index (χ1) is 13.5. The Morgan fingerprint density at radius 3 is 2.96 bits per heavy atom. The summed E-state index contributed by atoms with van der Waals surface area (Å²) in [5.74, 6) is 0.467. The molecule has 0 atom stereocenters. The molecule has 3 heterocycles. The molecule has 2 N–H and O–H groups in total. The van der Waals surface area contributed by atoms with Crippen LogP contribution in [0, 0.1) is 0 Å². The van der Waals surface area contributed by atoms with Crippen molar-refractivity contribution >= 4 is 34.7 Å². The Kier molecular flexibility index (Phi) is 4.57. The number of anilines is 1. The van der Waals surface area contributed by atoms with Crippen molar-refractivity contribution in [2.75, 3.05) is 12.4 Å². The number of aryl methyl sites for hydroxylation is 1. The fourth-order valence-corrected chi connectivity index (χ4v) is 3.31. The van der Waals surface area contributed by atoms with Crippen molar-refractivity contribution in [2.24, 2.45) is 7.05 Å². The van der Waals surface area contributed by atoms with Crippen LogP contribution >= 0.6 is 0 Å². The molecule has 4 rings (SSSR count). The van der Waals surface area contributed by atoms with Crippen LogP contribution in [0.5, 0.6) is 0 Å². The first kappa shape index (κ1) is 17.8. The van der Waals surface area contributed by atoms with Gasteiger partial charge in [-0.25, -0.2) is 9.78 Å². The van der Waals surface area contributed by atoms with E-state index in [9.17, 15) is 9.59 Å². The highest BCUT2D eigenvalue weighted by molar-refractivity contribution is 5.93. The van der Waals surface area contributed by atoms with Crippen molar-refractivity contribution in [3.8, 4) is 0 Å². The van der Waals surface area contributed by atoms with E-state index in [0.29, 0.717) is 18.9 Å². The average Bonchev–Trinajstić information content (AvgIpc) is 3.01. The van der Waals surface area contributed by atoms with E-state index in [1.807, 2.05) is 25.2 Å². The third kappa shape index (κ3) is 3.46. The molecule has 3 aromatic rings. The summed E-state index contributed by atoms with van der Waals surface area (Å²) >= 11 is 0. The number of urea groups is 1. The Hall–Kier alpha value is -3.61. The van der Waals surface area contributed by atoms with Gasteiger partial charge in [0, 0.05) is 49.7 Å². The molecule has 0 fully saturated rings. The Bertz CT molecular complexity index is 1100. The van der Waals surface area contributed by atoms with Gasteiger partial charge in [0.2, 0.25) is 5.91 Å². The van der Waals surface area contributed by atoms with Gasteiger partial charge in [-0.15, -0.1) is 0 Å². The number of benzene rings is 1. The van der Waals surface area contributed by atoms with E-state index in [-0.39, 0.29) is 11.9 Å². The number of hydrogen-bond acceptors (Lipinski definition) is 3. The van der Waals surface area contributed by atoms with E-state index in [1.54, 1.807) is 30.3 Å². The molecule has 0 unspecified atom stereocenters. The van der Waals surface area contributed by atoms with Crippen LogP contribution in [0.2, 0.25) is 0 Å². The summed E-state index contributed by atoms with van der Waals surface area (Å²) in [6.07, 6.45) is 4.92. The number of hydrogen-bond donors (Lipinski definition) is 2. The molecule has 3 amide bonds. The quantitative estimate of drug-likeness (QED) is 0.688. The number of para-hydroxylation sites is 1. The third-order valence-corrected chi connectivity index (χ3v) is 4.90. The number of likely N-dealkylation sites (N-methyl/N-ethyl adjacent to an activating group) is 1. The molecule has 0 aliphatic carbocycles. The van der Waals surface area contributed by atoms with Gasteiger partial charge >= 0.3 is 6.03 Å². The number of fused-ring (bicyclic) bond motifs is 2. The maximum absolute atomic E-state index is 12.5. The van der Waals surface area contributed by atoms with Crippen LogP contribution in [0.4, 0.5) is 10.6 Å². The van der Waals surface area contributed by atoms with Crippen LogP contribution < -0.4 is 10.6 Å². The van der Waals surface area contributed by atoms with Gasteiger partial charge in [-0.3, -0.25) is 10.1 Å². The molecule has 7 heteroatoms. The number of nitrogens with zero attached hydrogens (tertiary/aromatic N) is 3. The van der Waals surface area contributed by atoms with Crippen LogP contribution in [0.1, 0.15) is 16.8 Å². The lowest BCUT2D eigenvalue weighted by molar-refractivity contribution is -0.125. The van der Waals surface area contributed by atoms with Crippen molar-refractivity contribution in [1.29, 1.82) is 0 Å². The summed E-state index contributed by atoms with van der Waals surface area (Å²) in [6, 6.07) is 11.9. The number of aromatic nitrogens is 2. The van der Waals surface area contributed by atoms with E-state index in [2.05, 4.69) is 38.4 Å². The zero-order valence-electron chi connectivity index (χ0n) is 15.8. The predicted molar refractivity (Wildman–Crippen MR) is 109 cm³/mol. The number of rotatable bonds is 4. The highest BCUT2D eigenvalue weighted by atomic mass is 16.2. The van der Waals surface area contributed by atoms with Gasteiger partial charge in [0.05, 0.1) is 6.54 Å². The molecule has 142 valence electrons. The van der Waals surface area contributed by atoms with E-state index < -0.39 is 0 Å². The van der Waals surface area contributed by atoms with Crippen molar-refractivity contribution < 1.29 is 9.59 Å². The number of carbonyl (C=O) groups is 2. The summed E-state index contributed by atoms with van der Waals surface area (Å²) in [7, 11) is 3.80. The SMILES string of the molecule is CN(Cc1cc2ccccc2n1C)C(=O)/C=C/c1cnc2c(c1)CNC(=O)N2. The van der Waals surface area contributed by atoms with Crippen molar-refractivity contribution in [1.82, 2.24) is 19.8 Å². The standard InChI is InChI=1S/C21H21N5O2/c1-25(13-17-10-15-5-3-4-6-18(15)26(17)2)19(27)8-7-14-9-16-12-23-21(28)24-20(16)22-11-14/h3-11H,12-13H2,1-2H3,(H2,22,23,24,28)/b8-7+. The van der Waals surface area contributed by atoms with E-state index in [4.69, 9.17) is 0 Å². The lowest BCUT2D eigenvalue weighted by Gasteiger charge is -2.17. The zero-order chi connectivity index (χ0) is 19.7. The van der Waals surface area contributed by atoms with Gasteiger partial charge in [-0.1, -0.05) is 18.2 Å². The van der Waals surface area contributed by atoms with Crippen LogP contribution in [0.3, 0.4) is 0 Å². The summed E-state index contributed by atoms with van der Waals surface area (Å²) in [5.41, 5.74) is 3.92. The minimum absolute atomic E-state index is 0.0885. The lowest BCUT2D eigenvalue weighted by atomic mass is 10.1. The lowest BCUT2D eigenvalue weighted by Crippen LogP contribution is -2.33. The molecule has 0 radical (unpaired) electrons. The van der Waals surface area contributed by atoms with E-state index in [0.717, 1.165) is 27.7 Å². The largest absolute Gasteiger partial charge is 0.346 e. The van der Waals surface area contributed by atoms with Crippen LogP contribution in [0.15, 0.2) is 48.7 Å². The fourth-order valence-electron chi connectivity index (χ4n) is 3.31. The molecule has 28 heavy (non-hydrogen) atoms. The molecular formula is C21H21N5O2. The number of pyridine rings is 1. The van der Waals surface area contributed by atoms with Gasteiger partial charge in [-0.05, 0) is 35.2 Å². The maximum atomic E-state index is 12.5. The monoisotopic (exact) mass is 375 g/mol. The summed E-state index contributed by atoms with van der Waals surface area (Å²) in [4.78, 5) is 29.7. The molecular weight excluding hydrogens is 354 g/mol. The highest BCUT2D eigenvalue weighted by Gasteiger charge is 2.15. The molecule has 0 spiro atoms. The smallest absolute Gasteiger partial charge is 0.320 e. The van der Waals surface area contributed by atoms with Crippen LogP contribution in [-0.4, -0.2) is 33.4 Å². The minimum Gasteiger partial charge on any atom is -0.346 e. The average molecular weight is 375 g/mol. The molecule has 0 saturated carbocycles. The van der Waals surface area contributed by atoms with Gasteiger partial charge in [0.15, 0.2) is 0 Å². The van der Waals surface area contributed by atoms with Crippen molar-refractivity contribution in [2.45, 2.75) is 13.1 Å². The van der Waals surface area contributed by atoms with Gasteiger partial charge in [-0.2, -0.15) is 0 Å². The molecule has 1 aliphatic rings. The summed E-state index contributed by atoms with van der Waals surface area (Å²) in [6.45, 7) is 0.942. The fraction of sp³-hybridized carbons (Fsp3) is 0.190. The number of carbonyl (C=O) groups excluding carboxylic acids is 2. The van der Waals surface area contributed by atoms with E-state index in [1.165, 1.54) is 0 Å². The Morgan fingerprint density at radius 1 is 1.32 bits per heavy atom. The predicted octanol–water partition coefficient (Wildman–Crippen LogP) is 2.88. The molecule has 2 aromatic heterocycles. The normalized spacial score (nSPS) is 13.3. The second kappa shape index (κ2) is 7.19. The Balaban J connectivity index is 1.45. The topological polar surface area (TPSA) is 79.3 Å². The third-order valence-electron chi connectivity index (χ3n) is 4.90. The summed E-state index contributed by atoms with van der Waals surface area (Å²) in [5, 5.41) is 6.52. The van der Waals surface area contributed by atoms with Crippen molar-refractivity contribution in [3.05, 3.63) is 65.5 Å². The van der Waals surface area contributed by atoms with Crippen LogP contribution in [0.25, 0.3) is 17.0 Å². The second-order valence-corrected chi connectivity index (χ2v) is 6.87. The van der Waals surface area contributed by atoms with E-state index >= 15 is 0 Å². The second-order valence-electron chi connectivity index (χ2n) is 6.87. The Labute approximate surface area is 162 Å². The van der Waals surface area contributed by atoms with Gasteiger partial charge in [0.25, 0.3) is 0 Å². The van der Waals surface area contributed by atoms with Crippen molar-refractivity contribution in [3.63, 3.8) is 0 Å². The molecule has 0 saturated heterocycles. The molecule has 0 bridgehead atoms. The zero-order valence-corrected chi connectivity index (χ0v) is 15.8. The minimum atomic E-state index is -0.256. The molecule has 7 nitrogen and oxygen atoms in total. The number of nitrogens with one attached hydrogen (secondary N) is 2. The molecule has 1 aromatic carbocycles. The Morgan fingerprint density at radius 2 is 2.14 bits per heavy atom. The number of amides is 3. The van der Waals surface area contributed by atoms with Crippen LogP contribution in [-0.2, 0) is 24.9 Å². The summed E-state index contributed by atoms with van der Waals surface area (Å²) < 4.78 is 2.11. The molecule has 1 aliphatic heterocycles. The van der Waals surface area contributed by atoms with Gasteiger partial charge < -0.3 is 14.8 Å². The first-order valence-electron chi connectivity index (χ1n) is 9.01. The van der Waals surface area contributed by atoms with Gasteiger partial charge in [0.1, 0.15) is 5.82 Å². The maximum Gasteiger partial charge on any atom is 0.320 e. The first-order valence-corrected chi connectivity index (χ1v) is 9.01. The highest BCUT2D eigenvalue weighted by Crippen LogP contribution is 2.20.